The zero-order valence-electron chi connectivity index (χ0n) is 12.2. The van der Waals surface area contributed by atoms with Gasteiger partial charge in [-0.2, -0.15) is 0 Å². The second-order valence-corrected chi connectivity index (χ2v) is 5.74. The van der Waals surface area contributed by atoms with E-state index in [2.05, 4.69) is 23.5 Å². The number of nitrogens with one attached hydrogen (secondary N) is 1. The van der Waals surface area contributed by atoms with Gasteiger partial charge in [-0.15, -0.1) is 0 Å². The molecule has 3 rings (SSSR count). The highest BCUT2D eigenvalue weighted by atomic mass is 16.1. The van der Waals surface area contributed by atoms with E-state index in [0.29, 0.717) is 5.69 Å². The maximum absolute atomic E-state index is 12.5. The predicted molar refractivity (Wildman–Crippen MR) is 86.2 cm³/mol. The van der Waals surface area contributed by atoms with Crippen LogP contribution in [0.4, 0.5) is 11.4 Å². The molecule has 0 spiro atoms. The first-order chi connectivity index (χ1) is 10.1. The number of carbonyl (C=O) groups excluding carboxylic acids is 1. The highest BCUT2D eigenvalue weighted by Crippen LogP contribution is 2.28. The predicted octanol–water partition coefficient (Wildman–Crippen LogP) is 3.32. The van der Waals surface area contributed by atoms with Crippen LogP contribution in [0, 0.1) is 12.8 Å². The maximum atomic E-state index is 12.5. The quantitative estimate of drug-likeness (QED) is 0.829. The number of amides is 1. The topological polar surface area (TPSA) is 55.1 Å². The van der Waals surface area contributed by atoms with Crippen molar-refractivity contribution in [3.05, 3.63) is 59.2 Å². The fourth-order valence-corrected chi connectivity index (χ4v) is 3.01. The summed E-state index contributed by atoms with van der Waals surface area (Å²) in [6, 6.07) is 14.1. The third-order valence-electron chi connectivity index (χ3n) is 4.27. The summed E-state index contributed by atoms with van der Waals surface area (Å²) in [7, 11) is 0. The van der Waals surface area contributed by atoms with Gasteiger partial charge in [-0.05, 0) is 48.9 Å². The number of hydrogen-bond donors (Lipinski definition) is 2. The lowest BCUT2D eigenvalue weighted by Gasteiger charge is -2.24. The second-order valence-electron chi connectivity index (χ2n) is 5.74. The van der Waals surface area contributed by atoms with Gasteiger partial charge in [0.15, 0.2) is 0 Å². The van der Waals surface area contributed by atoms with Crippen LogP contribution in [-0.2, 0) is 17.6 Å². The van der Waals surface area contributed by atoms with Crippen LogP contribution in [0.2, 0.25) is 0 Å². The second kappa shape index (κ2) is 5.60. The van der Waals surface area contributed by atoms with Crippen molar-refractivity contribution in [3.63, 3.8) is 0 Å². The number of nitrogens with two attached hydrogens (primary N) is 1. The summed E-state index contributed by atoms with van der Waals surface area (Å²) in [5.74, 6) is 0.101. The molecule has 3 nitrogen and oxygen atoms in total. The van der Waals surface area contributed by atoms with Crippen LogP contribution in [0.15, 0.2) is 42.5 Å². The van der Waals surface area contributed by atoms with E-state index in [9.17, 15) is 4.79 Å². The molecule has 21 heavy (non-hydrogen) atoms. The molecule has 1 aliphatic rings. The van der Waals surface area contributed by atoms with Gasteiger partial charge in [0, 0.05) is 5.92 Å². The Bertz CT molecular complexity index is 658. The average molecular weight is 280 g/mol. The van der Waals surface area contributed by atoms with Crippen molar-refractivity contribution < 1.29 is 4.79 Å². The number of fused-ring (bicyclic) bond motifs is 1. The summed E-state index contributed by atoms with van der Waals surface area (Å²) < 4.78 is 0. The maximum Gasteiger partial charge on any atom is 0.227 e. The van der Waals surface area contributed by atoms with Crippen LogP contribution in [0.3, 0.4) is 0 Å². The van der Waals surface area contributed by atoms with E-state index in [4.69, 9.17) is 5.73 Å². The summed E-state index contributed by atoms with van der Waals surface area (Å²) in [5.41, 5.74) is 11.0. The highest BCUT2D eigenvalue weighted by molar-refractivity contribution is 5.96. The number of carbonyl (C=O) groups is 1. The SMILES string of the molecule is Cc1cccc(N)c1NC(=O)C1CCc2ccccc2C1. The molecule has 108 valence electrons. The molecule has 3 heteroatoms. The molecule has 0 radical (unpaired) electrons. The third kappa shape index (κ3) is 2.77. The van der Waals surface area contributed by atoms with Gasteiger partial charge >= 0.3 is 0 Å². The van der Waals surface area contributed by atoms with Gasteiger partial charge in [0.2, 0.25) is 5.91 Å². The number of para-hydroxylation sites is 1. The molecule has 0 heterocycles. The molecule has 0 saturated heterocycles. The summed E-state index contributed by atoms with van der Waals surface area (Å²) in [6.07, 6.45) is 2.68. The van der Waals surface area contributed by atoms with Crippen molar-refractivity contribution >= 4 is 17.3 Å². The van der Waals surface area contributed by atoms with Gasteiger partial charge in [0.05, 0.1) is 11.4 Å². The van der Waals surface area contributed by atoms with Crippen molar-refractivity contribution in [1.82, 2.24) is 0 Å². The lowest BCUT2D eigenvalue weighted by atomic mass is 9.83. The Morgan fingerprint density at radius 3 is 2.67 bits per heavy atom. The molecular weight excluding hydrogens is 260 g/mol. The summed E-state index contributed by atoms with van der Waals surface area (Å²) >= 11 is 0. The molecule has 0 aromatic heterocycles. The van der Waals surface area contributed by atoms with E-state index in [1.807, 2.05) is 31.2 Å². The summed E-state index contributed by atoms with van der Waals surface area (Å²) in [5, 5.41) is 3.02. The summed E-state index contributed by atoms with van der Waals surface area (Å²) in [6.45, 7) is 1.96. The van der Waals surface area contributed by atoms with E-state index in [-0.39, 0.29) is 11.8 Å². The number of anilines is 2. The molecule has 3 N–H and O–H groups in total. The van der Waals surface area contributed by atoms with E-state index >= 15 is 0 Å². The molecule has 1 amide bonds. The van der Waals surface area contributed by atoms with E-state index in [1.54, 1.807) is 0 Å². The molecule has 1 unspecified atom stereocenters. The van der Waals surface area contributed by atoms with Gasteiger partial charge in [0.1, 0.15) is 0 Å². The first-order valence-electron chi connectivity index (χ1n) is 7.38. The average Bonchev–Trinajstić information content (AvgIpc) is 2.50. The van der Waals surface area contributed by atoms with Crippen LogP contribution in [0.1, 0.15) is 23.1 Å². The fourth-order valence-electron chi connectivity index (χ4n) is 3.01. The first-order valence-corrected chi connectivity index (χ1v) is 7.38. The Kier molecular flexibility index (Phi) is 3.65. The number of hydrogen-bond acceptors (Lipinski definition) is 2. The van der Waals surface area contributed by atoms with Crippen molar-refractivity contribution in [3.8, 4) is 0 Å². The molecule has 0 aliphatic heterocycles. The smallest absolute Gasteiger partial charge is 0.227 e. The number of nitrogen functional groups attached to an aromatic ring is 1. The Morgan fingerprint density at radius 2 is 1.90 bits per heavy atom. The lowest BCUT2D eigenvalue weighted by molar-refractivity contribution is -0.120. The Hall–Kier alpha value is -2.29. The van der Waals surface area contributed by atoms with Gasteiger partial charge in [-0.3, -0.25) is 4.79 Å². The minimum absolute atomic E-state index is 0.0268. The van der Waals surface area contributed by atoms with Crippen molar-refractivity contribution in [2.45, 2.75) is 26.2 Å². The minimum atomic E-state index is 0.0268. The normalized spacial score (nSPS) is 17.1. The van der Waals surface area contributed by atoms with Crippen molar-refractivity contribution in [1.29, 1.82) is 0 Å². The van der Waals surface area contributed by atoms with Crippen LogP contribution >= 0.6 is 0 Å². The summed E-state index contributed by atoms with van der Waals surface area (Å²) in [4.78, 5) is 12.5. The van der Waals surface area contributed by atoms with Crippen LogP contribution in [0.25, 0.3) is 0 Å². The zero-order valence-corrected chi connectivity index (χ0v) is 12.2. The molecule has 0 fully saturated rings. The fraction of sp³-hybridized carbons (Fsp3) is 0.278. The highest BCUT2D eigenvalue weighted by Gasteiger charge is 2.25. The molecular formula is C18H20N2O. The molecule has 2 aromatic carbocycles. The zero-order chi connectivity index (χ0) is 14.8. The minimum Gasteiger partial charge on any atom is -0.397 e. The molecule has 1 aliphatic carbocycles. The van der Waals surface area contributed by atoms with Crippen LogP contribution in [-0.4, -0.2) is 5.91 Å². The third-order valence-corrected chi connectivity index (χ3v) is 4.27. The number of aryl methyl sites for hydroxylation is 2. The largest absolute Gasteiger partial charge is 0.397 e. The van der Waals surface area contributed by atoms with Crippen LogP contribution < -0.4 is 11.1 Å². The molecule has 0 saturated carbocycles. The van der Waals surface area contributed by atoms with Crippen molar-refractivity contribution in [2.75, 3.05) is 11.1 Å². The van der Waals surface area contributed by atoms with Crippen LogP contribution in [0.5, 0.6) is 0 Å². The van der Waals surface area contributed by atoms with Crippen molar-refractivity contribution in [2.24, 2.45) is 5.92 Å². The van der Waals surface area contributed by atoms with Gasteiger partial charge < -0.3 is 11.1 Å². The van der Waals surface area contributed by atoms with E-state index in [0.717, 1.165) is 30.5 Å². The number of benzene rings is 2. The van der Waals surface area contributed by atoms with Gasteiger partial charge in [0.25, 0.3) is 0 Å². The standard InChI is InChI=1S/C18H20N2O/c1-12-5-4-8-16(19)17(12)20-18(21)15-10-9-13-6-2-3-7-14(13)11-15/h2-8,15H,9-11,19H2,1H3,(H,20,21). The number of rotatable bonds is 2. The molecule has 2 aromatic rings. The van der Waals surface area contributed by atoms with Gasteiger partial charge in [-0.25, -0.2) is 0 Å². The molecule has 0 bridgehead atoms. The van der Waals surface area contributed by atoms with Gasteiger partial charge in [-0.1, -0.05) is 36.4 Å². The Morgan fingerprint density at radius 1 is 1.14 bits per heavy atom. The Balaban J connectivity index is 1.76. The Labute approximate surface area is 125 Å². The van der Waals surface area contributed by atoms with E-state index < -0.39 is 0 Å². The van der Waals surface area contributed by atoms with E-state index in [1.165, 1.54) is 11.1 Å². The molecule has 1 atom stereocenters. The first kappa shape index (κ1) is 13.7. The lowest BCUT2D eigenvalue weighted by Crippen LogP contribution is -2.28. The monoisotopic (exact) mass is 280 g/mol.